The maximum atomic E-state index is 12.7. The molecule has 0 bridgehead atoms. The summed E-state index contributed by atoms with van der Waals surface area (Å²) in [6, 6.07) is 9.19. The Hall–Kier alpha value is -1.63. The molecular weight excluding hydrogens is 314 g/mol. The normalized spacial score (nSPS) is 15.0. The lowest BCUT2D eigenvalue weighted by atomic mass is 10.1. The number of aliphatic hydroxyl groups excluding tert-OH is 1. The van der Waals surface area contributed by atoms with Gasteiger partial charge in [0.25, 0.3) is 11.8 Å². The molecule has 5 nitrogen and oxygen atoms in total. The zero-order chi connectivity index (χ0) is 16.7. The molecule has 0 spiro atoms. The van der Waals surface area contributed by atoms with Crippen molar-refractivity contribution in [1.82, 2.24) is 4.90 Å². The Morgan fingerprint density at radius 2 is 1.91 bits per heavy atom. The van der Waals surface area contributed by atoms with Gasteiger partial charge >= 0.3 is 0 Å². The second-order valence-corrected chi connectivity index (χ2v) is 6.06. The third kappa shape index (κ3) is 4.22. The van der Waals surface area contributed by atoms with Crippen molar-refractivity contribution in [2.45, 2.75) is 13.3 Å². The number of benzene rings is 1. The van der Waals surface area contributed by atoms with Crippen LogP contribution in [0.5, 0.6) is 0 Å². The fraction of sp³-hybridized carbons (Fsp3) is 0.412. The van der Waals surface area contributed by atoms with Gasteiger partial charge in [-0.3, -0.25) is 14.5 Å². The highest BCUT2D eigenvalue weighted by atomic mass is 32.2. The summed E-state index contributed by atoms with van der Waals surface area (Å²) in [6.45, 7) is 3.35. The Kier molecular flexibility index (Phi) is 6.83. The first-order valence-electron chi connectivity index (χ1n) is 7.68. The Balaban J connectivity index is 2.21. The minimum Gasteiger partial charge on any atom is -0.396 e. The van der Waals surface area contributed by atoms with Gasteiger partial charge in [0, 0.05) is 25.5 Å². The molecular formula is C17H21NO4S. The zero-order valence-electron chi connectivity index (χ0n) is 13.2. The van der Waals surface area contributed by atoms with Gasteiger partial charge in [0.15, 0.2) is 0 Å². The number of imide groups is 1. The quantitative estimate of drug-likeness (QED) is 0.552. The fourth-order valence-corrected chi connectivity index (χ4v) is 3.25. The van der Waals surface area contributed by atoms with Crippen molar-refractivity contribution >= 4 is 29.1 Å². The molecule has 0 atom stereocenters. The number of nitrogens with zero attached hydrogens (tertiary/aromatic N) is 1. The summed E-state index contributed by atoms with van der Waals surface area (Å²) in [5.74, 6) is -0.153. The number of hydrogen-bond acceptors (Lipinski definition) is 5. The van der Waals surface area contributed by atoms with Crippen molar-refractivity contribution in [2.24, 2.45) is 0 Å². The molecule has 1 aromatic carbocycles. The number of aliphatic hydroxyl groups is 1. The number of ether oxygens (including phenoxy) is 1. The molecule has 6 heteroatoms. The molecule has 2 rings (SSSR count). The van der Waals surface area contributed by atoms with E-state index in [2.05, 4.69) is 0 Å². The van der Waals surface area contributed by atoms with Crippen LogP contribution in [0.1, 0.15) is 18.9 Å². The van der Waals surface area contributed by atoms with Gasteiger partial charge in [-0.05, 0) is 18.9 Å². The lowest BCUT2D eigenvalue weighted by molar-refractivity contribution is -0.136. The first-order valence-corrected chi connectivity index (χ1v) is 8.66. The van der Waals surface area contributed by atoms with E-state index in [-0.39, 0.29) is 18.4 Å². The highest BCUT2D eigenvalue weighted by Crippen LogP contribution is 2.35. The van der Waals surface area contributed by atoms with E-state index in [1.807, 2.05) is 37.3 Å². The Labute approximate surface area is 140 Å². The van der Waals surface area contributed by atoms with Crippen LogP contribution in [0.2, 0.25) is 0 Å². The van der Waals surface area contributed by atoms with Gasteiger partial charge in [-0.25, -0.2) is 0 Å². The number of carbonyl (C=O) groups is 2. The Morgan fingerprint density at radius 1 is 1.17 bits per heavy atom. The first kappa shape index (κ1) is 17.7. The van der Waals surface area contributed by atoms with Gasteiger partial charge in [-0.15, -0.1) is 11.8 Å². The largest absolute Gasteiger partial charge is 0.396 e. The molecule has 0 aromatic heterocycles. The van der Waals surface area contributed by atoms with Gasteiger partial charge in [-0.2, -0.15) is 0 Å². The molecule has 0 unspecified atom stereocenters. The van der Waals surface area contributed by atoms with Crippen LogP contribution in [-0.2, 0) is 14.3 Å². The van der Waals surface area contributed by atoms with E-state index in [0.717, 1.165) is 5.56 Å². The molecule has 1 aliphatic heterocycles. The van der Waals surface area contributed by atoms with Crippen molar-refractivity contribution in [1.29, 1.82) is 0 Å². The van der Waals surface area contributed by atoms with Gasteiger partial charge in [0.2, 0.25) is 0 Å². The minimum absolute atomic E-state index is 0.0396. The summed E-state index contributed by atoms with van der Waals surface area (Å²) in [4.78, 5) is 27.0. The van der Waals surface area contributed by atoms with Crippen LogP contribution in [-0.4, -0.2) is 53.9 Å². The van der Waals surface area contributed by atoms with E-state index in [1.165, 1.54) is 16.7 Å². The second-order valence-electron chi connectivity index (χ2n) is 4.95. The molecule has 0 fully saturated rings. The summed E-state index contributed by atoms with van der Waals surface area (Å²) in [6.07, 6.45) is 0.616. The third-order valence-electron chi connectivity index (χ3n) is 3.40. The average molecular weight is 335 g/mol. The molecule has 124 valence electrons. The summed E-state index contributed by atoms with van der Waals surface area (Å²) >= 11 is 1.23. The number of rotatable bonds is 9. The monoisotopic (exact) mass is 335 g/mol. The minimum atomic E-state index is -0.274. The molecule has 23 heavy (non-hydrogen) atoms. The van der Waals surface area contributed by atoms with E-state index >= 15 is 0 Å². The molecule has 0 saturated heterocycles. The molecule has 2 amide bonds. The topological polar surface area (TPSA) is 66.8 Å². The fourth-order valence-electron chi connectivity index (χ4n) is 2.37. The van der Waals surface area contributed by atoms with Crippen molar-refractivity contribution < 1.29 is 19.4 Å². The van der Waals surface area contributed by atoms with Gasteiger partial charge < -0.3 is 9.84 Å². The second kappa shape index (κ2) is 8.86. The zero-order valence-corrected chi connectivity index (χ0v) is 14.0. The highest BCUT2D eigenvalue weighted by molar-refractivity contribution is 8.04. The number of hydrogen-bond donors (Lipinski definition) is 1. The molecule has 1 N–H and O–H groups in total. The van der Waals surface area contributed by atoms with Crippen LogP contribution in [0, 0.1) is 0 Å². The number of amides is 2. The van der Waals surface area contributed by atoms with Crippen LogP contribution in [0.4, 0.5) is 0 Å². The molecule has 1 heterocycles. The molecule has 1 aliphatic rings. The lowest BCUT2D eigenvalue weighted by Crippen LogP contribution is -2.33. The Bertz CT molecular complexity index is 586. The van der Waals surface area contributed by atoms with Crippen LogP contribution >= 0.6 is 11.8 Å². The standard InChI is InChI=1S/C17H21NO4S/c1-2-22-11-6-9-18-16(20)14(13-7-4-3-5-8-13)15(17(18)21)23-12-10-19/h3-5,7-8,19H,2,6,9-12H2,1H3. The Morgan fingerprint density at radius 3 is 2.57 bits per heavy atom. The van der Waals surface area contributed by atoms with Gasteiger partial charge in [-0.1, -0.05) is 30.3 Å². The van der Waals surface area contributed by atoms with Crippen LogP contribution in [0.3, 0.4) is 0 Å². The number of thioether (sulfide) groups is 1. The van der Waals surface area contributed by atoms with Gasteiger partial charge in [0.05, 0.1) is 17.1 Å². The third-order valence-corrected chi connectivity index (χ3v) is 4.45. The smallest absolute Gasteiger partial charge is 0.267 e. The predicted molar refractivity (Wildman–Crippen MR) is 90.7 cm³/mol. The molecule has 0 radical (unpaired) electrons. The maximum Gasteiger partial charge on any atom is 0.267 e. The van der Waals surface area contributed by atoms with E-state index in [4.69, 9.17) is 9.84 Å². The van der Waals surface area contributed by atoms with Crippen molar-refractivity contribution in [3.63, 3.8) is 0 Å². The summed E-state index contributed by atoms with van der Waals surface area (Å²) in [7, 11) is 0. The van der Waals surface area contributed by atoms with Gasteiger partial charge in [0.1, 0.15) is 0 Å². The maximum absolute atomic E-state index is 12.7. The lowest BCUT2D eigenvalue weighted by Gasteiger charge is -2.14. The van der Waals surface area contributed by atoms with E-state index in [0.29, 0.717) is 42.4 Å². The van der Waals surface area contributed by atoms with E-state index in [9.17, 15) is 9.59 Å². The highest BCUT2D eigenvalue weighted by Gasteiger charge is 2.38. The van der Waals surface area contributed by atoms with E-state index < -0.39 is 0 Å². The van der Waals surface area contributed by atoms with Crippen LogP contribution in [0.15, 0.2) is 35.2 Å². The molecule has 0 saturated carbocycles. The van der Waals surface area contributed by atoms with Crippen LogP contribution in [0.25, 0.3) is 5.57 Å². The molecule has 1 aromatic rings. The average Bonchev–Trinajstić information content (AvgIpc) is 2.81. The summed E-state index contributed by atoms with van der Waals surface area (Å²) in [5.41, 5.74) is 1.17. The summed E-state index contributed by atoms with van der Waals surface area (Å²) < 4.78 is 5.27. The van der Waals surface area contributed by atoms with Crippen LogP contribution < -0.4 is 0 Å². The summed E-state index contributed by atoms with van der Waals surface area (Å²) in [5, 5.41) is 9.03. The molecule has 0 aliphatic carbocycles. The number of carbonyl (C=O) groups excluding carboxylic acids is 2. The first-order chi connectivity index (χ1) is 11.2. The van der Waals surface area contributed by atoms with Crippen molar-refractivity contribution in [2.75, 3.05) is 32.1 Å². The SMILES string of the molecule is CCOCCCN1C(=O)C(SCCO)=C(c2ccccc2)C1=O. The van der Waals surface area contributed by atoms with Crippen molar-refractivity contribution in [3.05, 3.63) is 40.8 Å². The predicted octanol–water partition coefficient (Wildman–Crippen LogP) is 1.92. The van der Waals surface area contributed by atoms with E-state index in [1.54, 1.807) is 0 Å². The van der Waals surface area contributed by atoms with Crippen molar-refractivity contribution in [3.8, 4) is 0 Å².